The van der Waals surface area contributed by atoms with Gasteiger partial charge in [-0.2, -0.15) is 0 Å². The summed E-state index contributed by atoms with van der Waals surface area (Å²) in [7, 11) is 0. The monoisotopic (exact) mass is 481 g/mol. The molecule has 0 saturated carbocycles. The Morgan fingerprint density at radius 3 is 1.92 bits per heavy atom. The van der Waals surface area contributed by atoms with Gasteiger partial charge in [-0.3, -0.25) is 4.79 Å². The molecule has 0 atom stereocenters. The molecule has 0 saturated heterocycles. The van der Waals surface area contributed by atoms with Crippen molar-refractivity contribution in [3.05, 3.63) is 74.4 Å². The summed E-state index contributed by atoms with van der Waals surface area (Å²) in [6.07, 6.45) is 2.03. The van der Waals surface area contributed by atoms with Crippen molar-refractivity contribution in [2.75, 3.05) is 0 Å². The van der Waals surface area contributed by atoms with Crippen molar-refractivity contribution < 1.29 is 14.3 Å². The Labute approximate surface area is 166 Å². The summed E-state index contributed by atoms with van der Waals surface area (Å²) in [6.45, 7) is 0. The zero-order valence-electron chi connectivity index (χ0n) is 12.6. The van der Waals surface area contributed by atoms with Gasteiger partial charge in [-0.25, -0.2) is 4.98 Å². The highest BCUT2D eigenvalue weighted by Gasteiger charge is 2.17. The number of hydrogen-bond acceptors (Lipinski definition) is 4. The lowest BCUT2D eigenvalue weighted by atomic mass is 10.2. The van der Waals surface area contributed by atoms with Gasteiger partial charge in [0, 0.05) is 8.95 Å². The lowest BCUT2D eigenvalue weighted by Crippen LogP contribution is -1.98. The van der Waals surface area contributed by atoms with Crippen molar-refractivity contribution in [3.8, 4) is 23.0 Å². The summed E-state index contributed by atoms with van der Waals surface area (Å²) in [5.41, 5.74) is 0.186. The molecule has 0 aliphatic carbocycles. The van der Waals surface area contributed by atoms with E-state index in [1.807, 2.05) is 24.3 Å². The predicted molar refractivity (Wildman–Crippen MR) is 103 cm³/mol. The number of aromatic nitrogens is 1. The van der Waals surface area contributed by atoms with Crippen LogP contribution < -0.4 is 9.47 Å². The van der Waals surface area contributed by atoms with Gasteiger partial charge >= 0.3 is 0 Å². The quantitative estimate of drug-likeness (QED) is 0.301. The highest BCUT2D eigenvalue weighted by atomic mass is 79.9. The van der Waals surface area contributed by atoms with E-state index in [1.165, 1.54) is 6.20 Å². The Balaban J connectivity index is 1.96. The molecule has 25 heavy (non-hydrogen) atoms. The molecule has 1 aromatic heterocycles. The molecule has 4 nitrogen and oxygen atoms in total. The molecule has 0 bridgehead atoms. The largest absolute Gasteiger partial charge is 0.455 e. The Bertz CT molecular complexity index is 899. The van der Waals surface area contributed by atoms with Crippen LogP contribution in [0.2, 0.25) is 5.15 Å². The number of halogens is 3. The highest BCUT2D eigenvalue weighted by Crippen LogP contribution is 2.37. The molecule has 3 rings (SSSR count). The van der Waals surface area contributed by atoms with E-state index in [0.717, 1.165) is 8.95 Å². The molecular weight excluding hydrogens is 473 g/mol. The van der Waals surface area contributed by atoms with Crippen molar-refractivity contribution in [3.63, 3.8) is 0 Å². The van der Waals surface area contributed by atoms with E-state index >= 15 is 0 Å². The summed E-state index contributed by atoms with van der Waals surface area (Å²) >= 11 is 12.8. The number of benzene rings is 2. The SMILES string of the molecule is O=Cc1c(Oc2ccc(Br)cc2)cnc(Cl)c1Oc1ccc(Br)cc1. The summed E-state index contributed by atoms with van der Waals surface area (Å²) in [5.74, 6) is 1.49. The van der Waals surface area contributed by atoms with Gasteiger partial charge in [0.15, 0.2) is 22.9 Å². The number of carbonyl (C=O) groups is 1. The normalized spacial score (nSPS) is 10.4. The zero-order chi connectivity index (χ0) is 17.8. The van der Waals surface area contributed by atoms with Gasteiger partial charge in [-0.05, 0) is 48.5 Å². The van der Waals surface area contributed by atoms with Crippen molar-refractivity contribution in [2.45, 2.75) is 0 Å². The van der Waals surface area contributed by atoms with Crippen molar-refractivity contribution >= 4 is 49.7 Å². The maximum absolute atomic E-state index is 11.6. The van der Waals surface area contributed by atoms with Crippen LogP contribution in [0.25, 0.3) is 0 Å². The highest BCUT2D eigenvalue weighted by molar-refractivity contribution is 9.10. The second-order valence-electron chi connectivity index (χ2n) is 4.89. The average Bonchev–Trinajstić information content (AvgIpc) is 2.61. The fraction of sp³-hybridized carbons (Fsp3) is 0. The number of pyridine rings is 1. The van der Waals surface area contributed by atoms with E-state index in [4.69, 9.17) is 21.1 Å². The lowest BCUT2D eigenvalue weighted by Gasteiger charge is -2.13. The van der Waals surface area contributed by atoms with Crippen LogP contribution in [0.1, 0.15) is 10.4 Å². The molecule has 7 heteroatoms. The van der Waals surface area contributed by atoms with Gasteiger partial charge in [0.05, 0.1) is 6.20 Å². The second-order valence-corrected chi connectivity index (χ2v) is 7.08. The van der Waals surface area contributed by atoms with Gasteiger partial charge in [-0.15, -0.1) is 0 Å². The van der Waals surface area contributed by atoms with E-state index in [2.05, 4.69) is 36.8 Å². The van der Waals surface area contributed by atoms with E-state index in [-0.39, 0.29) is 22.2 Å². The third-order valence-corrected chi connectivity index (χ3v) is 4.51. The van der Waals surface area contributed by atoms with Crippen LogP contribution in [0, 0.1) is 0 Å². The molecule has 0 unspecified atom stereocenters. The van der Waals surface area contributed by atoms with E-state index in [1.54, 1.807) is 24.3 Å². The third-order valence-electron chi connectivity index (χ3n) is 3.19. The van der Waals surface area contributed by atoms with Crippen LogP contribution in [0.3, 0.4) is 0 Å². The van der Waals surface area contributed by atoms with E-state index in [0.29, 0.717) is 17.8 Å². The molecule has 0 fully saturated rings. The Morgan fingerprint density at radius 2 is 1.40 bits per heavy atom. The van der Waals surface area contributed by atoms with Crippen molar-refractivity contribution in [2.24, 2.45) is 0 Å². The van der Waals surface area contributed by atoms with Crippen LogP contribution in [-0.2, 0) is 0 Å². The maximum Gasteiger partial charge on any atom is 0.178 e. The summed E-state index contributed by atoms with van der Waals surface area (Å²) in [6, 6.07) is 14.3. The van der Waals surface area contributed by atoms with Crippen LogP contribution in [0.4, 0.5) is 0 Å². The molecule has 2 aromatic carbocycles. The van der Waals surface area contributed by atoms with Gasteiger partial charge in [0.25, 0.3) is 0 Å². The maximum atomic E-state index is 11.6. The second kappa shape index (κ2) is 7.99. The van der Waals surface area contributed by atoms with Crippen LogP contribution in [-0.4, -0.2) is 11.3 Å². The Morgan fingerprint density at radius 1 is 0.880 bits per heavy atom. The molecule has 0 aliphatic heterocycles. The minimum atomic E-state index is 0.0770. The Kier molecular flexibility index (Phi) is 5.73. The van der Waals surface area contributed by atoms with Gasteiger partial charge in [0.1, 0.15) is 17.1 Å². The predicted octanol–water partition coefficient (Wildman–Crippen LogP) is 6.66. The van der Waals surface area contributed by atoms with E-state index < -0.39 is 0 Å². The van der Waals surface area contributed by atoms with Crippen LogP contribution >= 0.6 is 43.5 Å². The smallest absolute Gasteiger partial charge is 0.178 e. The number of aldehydes is 1. The minimum absolute atomic E-state index is 0.0770. The van der Waals surface area contributed by atoms with Crippen molar-refractivity contribution in [1.29, 1.82) is 0 Å². The summed E-state index contributed by atoms with van der Waals surface area (Å²) < 4.78 is 13.3. The molecule has 1 heterocycles. The van der Waals surface area contributed by atoms with E-state index in [9.17, 15) is 4.79 Å². The first-order valence-electron chi connectivity index (χ1n) is 7.07. The first-order chi connectivity index (χ1) is 12.1. The molecule has 126 valence electrons. The summed E-state index contributed by atoms with van der Waals surface area (Å²) in [4.78, 5) is 15.7. The number of ether oxygens (including phenoxy) is 2. The number of rotatable bonds is 5. The molecule has 0 amide bonds. The van der Waals surface area contributed by atoms with Gasteiger partial charge in [-0.1, -0.05) is 43.5 Å². The van der Waals surface area contributed by atoms with Gasteiger partial charge < -0.3 is 9.47 Å². The zero-order valence-corrected chi connectivity index (χ0v) is 16.5. The van der Waals surface area contributed by atoms with Gasteiger partial charge in [0.2, 0.25) is 0 Å². The fourth-order valence-corrected chi connectivity index (χ4v) is 2.72. The number of hydrogen-bond donors (Lipinski definition) is 0. The number of carbonyl (C=O) groups excluding carboxylic acids is 1. The number of nitrogens with zero attached hydrogens (tertiary/aromatic N) is 1. The van der Waals surface area contributed by atoms with Crippen molar-refractivity contribution in [1.82, 2.24) is 4.98 Å². The fourth-order valence-electron chi connectivity index (χ4n) is 2.01. The molecule has 0 N–H and O–H groups in total. The molecule has 3 aromatic rings. The first-order valence-corrected chi connectivity index (χ1v) is 9.03. The molecule has 0 spiro atoms. The van der Waals surface area contributed by atoms with Crippen LogP contribution in [0.5, 0.6) is 23.0 Å². The topological polar surface area (TPSA) is 48.4 Å². The first kappa shape index (κ1) is 17.9. The average molecular weight is 484 g/mol. The third kappa shape index (κ3) is 4.39. The lowest BCUT2D eigenvalue weighted by molar-refractivity contribution is 0.111. The molecule has 0 aliphatic rings. The summed E-state index contributed by atoms with van der Waals surface area (Å²) in [5, 5.41) is 0.0770. The molecular formula is C18H10Br2ClNO3. The minimum Gasteiger partial charge on any atom is -0.455 e. The standard InChI is InChI=1S/C18H10Br2ClNO3/c19-11-1-5-13(6-2-11)24-16-9-22-18(21)17(15(16)10-23)25-14-7-3-12(20)4-8-14/h1-10H. The molecule has 0 radical (unpaired) electrons. The Hall–Kier alpha value is -1.89. The van der Waals surface area contributed by atoms with Crippen LogP contribution in [0.15, 0.2) is 63.7 Å².